The van der Waals surface area contributed by atoms with E-state index in [4.69, 9.17) is 16.0 Å². The van der Waals surface area contributed by atoms with Crippen molar-refractivity contribution in [3.05, 3.63) is 64.8 Å². The van der Waals surface area contributed by atoms with Crippen molar-refractivity contribution in [1.82, 2.24) is 14.5 Å². The molecular weight excluding hydrogens is 485 g/mol. The van der Waals surface area contributed by atoms with Gasteiger partial charge >= 0.3 is 6.43 Å². The topological polar surface area (TPSA) is 62.5 Å². The van der Waals surface area contributed by atoms with Crippen LogP contribution in [0.1, 0.15) is 17.9 Å². The van der Waals surface area contributed by atoms with Gasteiger partial charge in [-0.2, -0.15) is 20.5 Å². The highest BCUT2D eigenvalue weighted by molar-refractivity contribution is 7.99. The molecular formula is C20H18ClF3N4O2S2. The molecule has 2 aromatic carbocycles. The average Bonchev–Trinajstić information content (AvgIpc) is 3.29. The molecule has 0 bridgehead atoms. The van der Waals surface area contributed by atoms with Crippen LogP contribution in [-0.2, 0) is 17.7 Å². The van der Waals surface area contributed by atoms with Gasteiger partial charge in [-0.3, -0.25) is 4.31 Å². The average molecular weight is 503 g/mol. The van der Waals surface area contributed by atoms with Crippen molar-refractivity contribution in [2.75, 3.05) is 28.9 Å². The predicted molar refractivity (Wildman–Crippen MR) is 119 cm³/mol. The van der Waals surface area contributed by atoms with Crippen molar-refractivity contribution in [2.45, 2.75) is 13.0 Å². The van der Waals surface area contributed by atoms with Crippen LogP contribution in [0, 0.1) is 5.82 Å². The van der Waals surface area contributed by atoms with Crippen molar-refractivity contribution >= 4 is 40.2 Å². The molecule has 0 N–H and O–H groups in total. The second kappa shape index (κ2) is 10.2. The van der Waals surface area contributed by atoms with Crippen molar-refractivity contribution in [1.29, 1.82) is 0 Å². The third kappa shape index (κ3) is 5.28. The van der Waals surface area contributed by atoms with Gasteiger partial charge in [-0.1, -0.05) is 23.7 Å². The van der Waals surface area contributed by atoms with Crippen molar-refractivity contribution < 1.29 is 21.8 Å². The minimum Gasteiger partial charge on any atom is -0.415 e. The first-order valence-corrected chi connectivity index (χ1v) is 12.2. The minimum atomic E-state index is -2.91. The molecule has 0 saturated carbocycles. The molecule has 0 radical (unpaired) electrons. The number of hydrogen-bond acceptors (Lipinski definition) is 5. The Morgan fingerprint density at radius 1 is 1.19 bits per heavy atom. The highest BCUT2D eigenvalue weighted by atomic mass is 35.5. The summed E-state index contributed by atoms with van der Waals surface area (Å²) in [6, 6.07) is 11.0. The van der Waals surface area contributed by atoms with Gasteiger partial charge in [0, 0.05) is 40.7 Å². The monoisotopic (exact) mass is 502 g/mol. The van der Waals surface area contributed by atoms with Crippen molar-refractivity contribution in [3.8, 4) is 11.5 Å². The minimum absolute atomic E-state index is 0.00876. The van der Waals surface area contributed by atoms with E-state index in [-0.39, 0.29) is 23.6 Å². The Morgan fingerprint density at radius 3 is 2.62 bits per heavy atom. The van der Waals surface area contributed by atoms with Gasteiger partial charge in [0.2, 0.25) is 5.89 Å². The lowest BCUT2D eigenvalue weighted by Gasteiger charge is -2.32. The summed E-state index contributed by atoms with van der Waals surface area (Å²) in [6.07, 6.45) is -2.91. The molecule has 1 atom stereocenters. The number of halogens is 4. The van der Waals surface area contributed by atoms with E-state index in [1.807, 2.05) is 4.31 Å². The van der Waals surface area contributed by atoms with Gasteiger partial charge < -0.3 is 4.42 Å². The Bertz CT molecular complexity index is 1110. The number of rotatable bonds is 7. The van der Waals surface area contributed by atoms with E-state index in [1.165, 1.54) is 12.1 Å². The zero-order valence-corrected chi connectivity index (χ0v) is 19.0. The fourth-order valence-corrected chi connectivity index (χ4v) is 5.75. The fourth-order valence-electron chi connectivity index (χ4n) is 3.11. The van der Waals surface area contributed by atoms with Crippen molar-refractivity contribution in [3.63, 3.8) is 0 Å². The van der Waals surface area contributed by atoms with Gasteiger partial charge in [0.05, 0.1) is 12.2 Å². The first-order chi connectivity index (χ1) is 15.4. The lowest BCUT2D eigenvalue weighted by atomic mass is 10.1. The number of alkyl halides is 2. The summed E-state index contributed by atoms with van der Waals surface area (Å²) < 4.78 is 62.0. The zero-order chi connectivity index (χ0) is 22.7. The number of nitrogens with zero attached hydrogens (tertiary/aromatic N) is 4. The van der Waals surface area contributed by atoms with Gasteiger partial charge in [0.1, 0.15) is 5.82 Å². The molecule has 1 aliphatic rings. The Balaban J connectivity index is 1.61. The second-order valence-electron chi connectivity index (χ2n) is 6.84. The van der Waals surface area contributed by atoms with Crippen LogP contribution in [0.15, 0.2) is 46.9 Å². The number of benzene rings is 2. The van der Waals surface area contributed by atoms with Crippen LogP contribution in [0.3, 0.4) is 0 Å². The summed E-state index contributed by atoms with van der Waals surface area (Å²) in [5.74, 6) is 0.0856. The fraction of sp³-hybridized carbons (Fsp3) is 0.300. The molecule has 1 saturated heterocycles. The van der Waals surface area contributed by atoms with E-state index >= 15 is 0 Å². The molecule has 2 heterocycles. The highest BCUT2D eigenvalue weighted by Gasteiger charge is 2.25. The summed E-state index contributed by atoms with van der Waals surface area (Å²) in [6.45, 7) is 1.31. The molecule has 3 aromatic rings. The second-order valence-corrected chi connectivity index (χ2v) is 9.92. The molecule has 0 spiro atoms. The maximum Gasteiger partial charge on any atom is 0.314 e. The van der Waals surface area contributed by atoms with Crippen LogP contribution in [0.2, 0.25) is 5.02 Å². The summed E-state index contributed by atoms with van der Waals surface area (Å²) in [7, 11) is 0. The van der Waals surface area contributed by atoms with Crippen LogP contribution in [-0.4, -0.2) is 43.3 Å². The predicted octanol–water partition coefficient (Wildman–Crippen LogP) is 5.10. The molecule has 6 nitrogen and oxygen atoms in total. The van der Waals surface area contributed by atoms with Gasteiger partial charge in [-0.15, -0.1) is 10.2 Å². The summed E-state index contributed by atoms with van der Waals surface area (Å²) in [4.78, 5) is 0. The summed E-state index contributed by atoms with van der Waals surface area (Å²) >= 11 is 6.37. The third-order valence-corrected chi connectivity index (χ3v) is 7.42. The van der Waals surface area contributed by atoms with Crippen LogP contribution >= 0.6 is 23.4 Å². The quantitative estimate of drug-likeness (QED) is 0.450. The molecule has 170 valence electrons. The van der Waals surface area contributed by atoms with Gasteiger partial charge in [0.25, 0.3) is 5.89 Å². The number of anilines is 1. The van der Waals surface area contributed by atoms with Crippen LogP contribution in [0.25, 0.3) is 11.5 Å². The first-order valence-electron chi connectivity index (χ1n) is 9.60. The molecule has 0 aliphatic carbocycles. The van der Waals surface area contributed by atoms with Gasteiger partial charge in [0.15, 0.2) is 11.2 Å². The largest absolute Gasteiger partial charge is 0.415 e. The maximum absolute atomic E-state index is 15.0. The standard InChI is InChI=1S/C20H18ClF3N4O2S2/c21-15-2-1-3-16(11-15)28(32(29)27-6-8-31-9-7-27)12-14-5-4-13(10-17(14)22)19-25-26-20(30-19)18(23)24/h1-5,10-11,18H,6-9,12H2. The number of thioether (sulfide) groups is 1. The molecule has 12 heteroatoms. The zero-order valence-electron chi connectivity index (χ0n) is 16.6. The number of aromatic nitrogens is 2. The Labute approximate surface area is 194 Å². The molecule has 4 rings (SSSR count). The normalized spacial score (nSPS) is 15.8. The van der Waals surface area contributed by atoms with Crippen molar-refractivity contribution in [2.24, 2.45) is 0 Å². The third-order valence-electron chi connectivity index (χ3n) is 4.72. The molecule has 0 amide bonds. The van der Waals surface area contributed by atoms with Gasteiger partial charge in [-0.25, -0.2) is 12.9 Å². The molecule has 1 aliphatic heterocycles. The van der Waals surface area contributed by atoms with Crippen LogP contribution < -0.4 is 4.31 Å². The SMILES string of the molecule is O=S(N1CCSCC1)N(Cc1ccc(-c2nnc(C(F)F)o2)cc1F)c1cccc(Cl)c1. The lowest BCUT2D eigenvalue weighted by molar-refractivity contribution is 0.116. The van der Waals surface area contributed by atoms with E-state index in [1.54, 1.807) is 40.3 Å². The Kier molecular flexibility index (Phi) is 7.39. The lowest BCUT2D eigenvalue weighted by Crippen LogP contribution is -2.42. The highest BCUT2D eigenvalue weighted by Crippen LogP contribution is 2.28. The summed E-state index contributed by atoms with van der Waals surface area (Å²) in [5, 5.41) is 7.27. The smallest absolute Gasteiger partial charge is 0.314 e. The van der Waals surface area contributed by atoms with Crippen LogP contribution in [0.4, 0.5) is 18.9 Å². The van der Waals surface area contributed by atoms with E-state index in [0.29, 0.717) is 23.8 Å². The van der Waals surface area contributed by atoms with Gasteiger partial charge in [-0.05, 0) is 30.3 Å². The molecule has 1 aromatic heterocycles. The van der Waals surface area contributed by atoms with E-state index < -0.39 is 29.3 Å². The number of hydrogen-bond donors (Lipinski definition) is 0. The van der Waals surface area contributed by atoms with Crippen LogP contribution in [0.5, 0.6) is 0 Å². The van der Waals surface area contributed by atoms with E-state index in [9.17, 15) is 17.4 Å². The van der Waals surface area contributed by atoms with E-state index in [0.717, 1.165) is 17.6 Å². The Hall–Kier alpha value is -2.08. The molecule has 1 unspecified atom stereocenters. The molecule has 32 heavy (non-hydrogen) atoms. The summed E-state index contributed by atoms with van der Waals surface area (Å²) in [5.41, 5.74) is 1.03. The molecule has 1 fully saturated rings. The first kappa shape index (κ1) is 23.1. The Morgan fingerprint density at radius 2 is 1.97 bits per heavy atom. The maximum atomic E-state index is 15.0. The van der Waals surface area contributed by atoms with E-state index in [2.05, 4.69) is 10.2 Å².